The maximum absolute atomic E-state index is 13.4. The summed E-state index contributed by atoms with van der Waals surface area (Å²) in [4.78, 5) is 14.7. The maximum atomic E-state index is 13.4. The monoisotopic (exact) mass is 292 g/mol. The second kappa shape index (κ2) is 5.55. The number of pyridine rings is 1. The van der Waals surface area contributed by atoms with Crippen molar-refractivity contribution in [1.29, 1.82) is 5.26 Å². The average molecular weight is 293 g/mol. The number of aromatic nitrogens is 1. The molecule has 7 heteroatoms. The van der Waals surface area contributed by atoms with E-state index in [0.717, 1.165) is 18.3 Å². The molecule has 0 aliphatic heterocycles. The molecule has 2 rings (SSSR count). The summed E-state index contributed by atoms with van der Waals surface area (Å²) < 4.78 is 18.6. The van der Waals surface area contributed by atoms with E-state index in [2.05, 4.69) is 4.98 Å². The summed E-state index contributed by atoms with van der Waals surface area (Å²) >= 11 is 5.66. The molecule has 2 aromatic rings. The summed E-state index contributed by atoms with van der Waals surface area (Å²) in [5.41, 5.74) is -0.293. The van der Waals surface area contributed by atoms with Gasteiger partial charge in [0.25, 0.3) is 0 Å². The summed E-state index contributed by atoms with van der Waals surface area (Å²) in [5, 5.41) is 17.5. The van der Waals surface area contributed by atoms with Gasteiger partial charge in [-0.15, -0.1) is 0 Å². The number of halogens is 2. The molecular weight excluding hydrogens is 287 g/mol. The van der Waals surface area contributed by atoms with Crippen LogP contribution in [0.25, 0.3) is 0 Å². The summed E-state index contributed by atoms with van der Waals surface area (Å²) in [6, 6.07) is 6.43. The lowest BCUT2D eigenvalue weighted by molar-refractivity contribution is 0.0696. The van der Waals surface area contributed by atoms with Crippen LogP contribution >= 0.6 is 11.6 Å². The molecule has 0 saturated heterocycles. The van der Waals surface area contributed by atoms with Crippen molar-refractivity contribution in [2.24, 2.45) is 0 Å². The lowest BCUT2D eigenvalue weighted by Crippen LogP contribution is -1.99. The summed E-state index contributed by atoms with van der Waals surface area (Å²) in [7, 11) is 0. The molecule has 20 heavy (non-hydrogen) atoms. The molecule has 0 radical (unpaired) electrons. The quantitative estimate of drug-likeness (QED) is 0.939. The first-order chi connectivity index (χ1) is 9.51. The number of carboxylic acids is 1. The number of carboxylic acid groups (broad SMARTS) is 1. The standard InChI is InChI=1S/C13H6ClFN2O3/c14-10-6-17-12(4-9(10)13(18)19)20-8-2-1-7(5-16)11(15)3-8/h1-4,6H,(H,18,19). The van der Waals surface area contributed by atoms with Crippen molar-refractivity contribution in [3.05, 3.63) is 52.4 Å². The van der Waals surface area contributed by atoms with E-state index >= 15 is 0 Å². The molecular formula is C13H6ClFN2O3. The van der Waals surface area contributed by atoms with Gasteiger partial charge in [0, 0.05) is 12.1 Å². The van der Waals surface area contributed by atoms with Crippen molar-refractivity contribution in [2.45, 2.75) is 0 Å². The van der Waals surface area contributed by atoms with Gasteiger partial charge in [-0.25, -0.2) is 14.2 Å². The molecule has 0 unspecified atom stereocenters. The molecule has 0 aliphatic rings. The Labute approximate surface area is 117 Å². The molecule has 0 bridgehead atoms. The minimum atomic E-state index is -1.23. The Balaban J connectivity index is 2.31. The van der Waals surface area contributed by atoms with Crippen molar-refractivity contribution in [3.63, 3.8) is 0 Å². The smallest absolute Gasteiger partial charge is 0.337 e. The molecule has 0 aliphatic carbocycles. The Morgan fingerprint density at radius 1 is 1.45 bits per heavy atom. The number of carbonyl (C=O) groups is 1. The minimum absolute atomic E-state index is 0.0316. The molecule has 0 fully saturated rings. The van der Waals surface area contributed by atoms with Gasteiger partial charge >= 0.3 is 5.97 Å². The Morgan fingerprint density at radius 3 is 2.80 bits per heavy atom. The SMILES string of the molecule is N#Cc1ccc(Oc2cc(C(=O)O)c(Cl)cn2)cc1F. The van der Waals surface area contributed by atoms with Gasteiger partial charge in [0.15, 0.2) is 0 Å². The van der Waals surface area contributed by atoms with Crippen LogP contribution < -0.4 is 4.74 Å². The van der Waals surface area contributed by atoms with Crippen molar-refractivity contribution in [3.8, 4) is 17.7 Å². The molecule has 0 spiro atoms. The van der Waals surface area contributed by atoms with Gasteiger partial charge in [-0.3, -0.25) is 0 Å². The molecule has 1 heterocycles. The van der Waals surface area contributed by atoms with Gasteiger partial charge < -0.3 is 9.84 Å². The number of ether oxygens (including phenoxy) is 1. The Bertz CT molecular complexity index is 728. The number of hydrogen-bond donors (Lipinski definition) is 1. The Morgan fingerprint density at radius 2 is 2.20 bits per heavy atom. The first-order valence-electron chi connectivity index (χ1n) is 5.27. The average Bonchev–Trinajstić information content (AvgIpc) is 2.41. The van der Waals surface area contributed by atoms with Gasteiger partial charge in [0.05, 0.1) is 22.3 Å². The first kappa shape index (κ1) is 13.8. The third-order valence-corrected chi connectivity index (χ3v) is 2.65. The molecule has 5 nitrogen and oxygen atoms in total. The van der Waals surface area contributed by atoms with Gasteiger partial charge in [-0.05, 0) is 12.1 Å². The van der Waals surface area contributed by atoms with Crippen molar-refractivity contribution in [2.75, 3.05) is 0 Å². The fraction of sp³-hybridized carbons (Fsp3) is 0. The van der Waals surface area contributed by atoms with Gasteiger partial charge in [0.2, 0.25) is 5.88 Å². The van der Waals surface area contributed by atoms with Crippen LogP contribution in [-0.2, 0) is 0 Å². The number of rotatable bonds is 3. The summed E-state index contributed by atoms with van der Waals surface area (Å²) in [6.07, 6.45) is 1.13. The zero-order valence-corrected chi connectivity index (χ0v) is 10.6. The highest BCUT2D eigenvalue weighted by molar-refractivity contribution is 6.33. The second-order valence-electron chi connectivity index (χ2n) is 3.66. The van der Waals surface area contributed by atoms with E-state index in [-0.39, 0.29) is 27.8 Å². The Hall–Kier alpha value is -2.65. The van der Waals surface area contributed by atoms with E-state index in [1.807, 2.05) is 0 Å². The normalized spacial score (nSPS) is 9.85. The maximum Gasteiger partial charge on any atom is 0.337 e. The first-order valence-corrected chi connectivity index (χ1v) is 5.65. The predicted octanol–water partition coefficient (Wildman–Crippen LogP) is 3.24. The van der Waals surface area contributed by atoms with E-state index in [1.165, 1.54) is 12.1 Å². The zero-order valence-electron chi connectivity index (χ0n) is 9.80. The van der Waals surface area contributed by atoms with Crippen LogP contribution in [0.15, 0.2) is 30.5 Å². The molecule has 100 valence electrons. The van der Waals surface area contributed by atoms with E-state index in [0.29, 0.717) is 0 Å². The van der Waals surface area contributed by atoms with Crippen LogP contribution in [0.4, 0.5) is 4.39 Å². The van der Waals surface area contributed by atoms with Gasteiger partial charge in [-0.1, -0.05) is 11.6 Å². The zero-order chi connectivity index (χ0) is 14.7. The van der Waals surface area contributed by atoms with Crippen LogP contribution in [0.2, 0.25) is 5.02 Å². The minimum Gasteiger partial charge on any atom is -0.478 e. The fourth-order valence-electron chi connectivity index (χ4n) is 1.41. The van der Waals surface area contributed by atoms with Gasteiger partial charge in [-0.2, -0.15) is 5.26 Å². The molecule has 1 N–H and O–H groups in total. The highest BCUT2D eigenvalue weighted by Crippen LogP contribution is 2.25. The highest BCUT2D eigenvalue weighted by atomic mass is 35.5. The lowest BCUT2D eigenvalue weighted by Gasteiger charge is -2.06. The van der Waals surface area contributed by atoms with Crippen LogP contribution in [0.1, 0.15) is 15.9 Å². The van der Waals surface area contributed by atoms with E-state index < -0.39 is 11.8 Å². The third kappa shape index (κ3) is 2.84. The molecule has 0 amide bonds. The van der Waals surface area contributed by atoms with E-state index in [4.69, 9.17) is 26.7 Å². The van der Waals surface area contributed by atoms with Crippen molar-refractivity contribution >= 4 is 17.6 Å². The molecule has 0 saturated carbocycles. The topological polar surface area (TPSA) is 83.2 Å². The number of aromatic carboxylic acids is 1. The number of benzene rings is 1. The molecule has 1 aromatic heterocycles. The number of nitriles is 1. The van der Waals surface area contributed by atoms with Crippen molar-refractivity contribution in [1.82, 2.24) is 4.98 Å². The second-order valence-corrected chi connectivity index (χ2v) is 4.07. The Kier molecular flexibility index (Phi) is 3.82. The lowest BCUT2D eigenvalue weighted by atomic mass is 10.2. The van der Waals surface area contributed by atoms with Crippen LogP contribution in [0, 0.1) is 17.1 Å². The molecule has 1 aromatic carbocycles. The van der Waals surface area contributed by atoms with E-state index in [9.17, 15) is 9.18 Å². The van der Waals surface area contributed by atoms with Crippen LogP contribution in [0.3, 0.4) is 0 Å². The molecule has 0 atom stereocenters. The summed E-state index contributed by atoms with van der Waals surface area (Å²) in [6.45, 7) is 0. The number of hydrogen-bond acceptors (Lipinski definition) is 4. The van der Waals surface area contributed by atoms with Crippen LogP contribution in [-0.4, -0.2) is 16.1 Å². The fourth-order valence-corrected chi connectivity index (χ4v) is 1.59. The van der Waals surface area contributed by atoms with Crippen LogP contribution in [0.5, 0.6) is 11.6 Å². The van der Waals surface area contributed by atoms with E-state index in [1.54, 1.807) is 6.07 Å². The summed E-state index contributed by atoms with van der Waals surface area (Å²) in [5.74, 6) is -1.92. The van der Waals surface area contributed by atoms with Gasteiger partial charge in [0.1, 0.15) is 17.6 Å². The number of nitrogens with zero attached hydrogens (tertiary/aromatic N) is 2. The predicted molar refractivity (Wildman–Crippen MR) is 67.4 cm³/mol. The largest absolute Gasteiger partial charge is 0.478 e. The third-order valence-electron chi connectivity index (χ3n) is 2.34. The van der Waals surface area contributed by atoms with Crippen molar-refractivity contribution < 1.29 is 19.0 Å². The highest BCUT2D eigenvalue weighted by Gasteiger charge is 2.12.